The molecule has 0 saturated carbocycles. The van der Waals surface area contributed by atoms with E-state index in [4.69, 9.17) is 9.47 Å². The Kier molecular flexibility index (Phi) is 7.29. The van der Waals surface area contributed by atoms with Crippen molar-refractivity contribution in [2.45, 2.75) is 25.9 Å². The van der Waals surface area contributed by atoms with Crippen molar-refractivity contribution in [1.82, 2.24) is 4.98 Å². The SMILES string of the molecule is O=C(CCc1cccnc1)Cc1ccc(COc2ccccc2N2CCOCC2)cc1. The van der Waals surface area contributed by atoms with Gasteiger partial charge in [-0.3, -0.25) is 9.78 Å². The van der Waals surface area contributed by atoms with E-state index in [0.717, 1.165) is 60.9 Å². The van der Waals surface area contributed by atoms with Crippen LogP contribution in [0.1, 0.15) is 23.1 Å². The molecule has 0 N–H and O–H groups in total. The van der Waals surface area contributed by atoms with Gasteiger partial charge in [0.2, 0.25) is 0 Å². The lowest BCUT2D eigenvalue weighted by Gasteiger charge is -2.30. The Morgan fingerprint density at radius 2 is 1.71 bits per heavy atom. The highest BCUT2D eigenvalue weighted by atomic mass is 16.5. The molecule has 5 heteroatoms. The molecule has 0 bridgehead atoms. The molecular weight excluding hydrogens is 388 g/mol. The molecule has 0 aliphatic carbocycles. The molecule has 0 unspecified atom stereocenters. The fourth-order valence-corrected chi connectivity index (χ4v) is 3.70. The van der Waals surface area contributed by atoms with Crippen molar-refractivity contribution in [3.05, 3.63) is 89.7 Å². The minimum Gasteiger partial charge on any atom is -0.487 e. The Morgan fingerprint density at radius 3 is 2.48 bits per heavy atom. The maximum atomic E-state index is 12.3. The van der Waals surface area contributed by atoms with E-state index in [-0.39, 0.29) is 5.78 Å². The Morgan fingerprint density at radius 1 is 0.935 bits per heavy atom. The number of pyridine rings is 1. The number of ether oxygens (including phenoxy) is 2. The van der Waals surface area contributed by atoms with Crippen LogP contribution in [0.4, 0.5) is 5.69 Å². The van der Waals surface area contributed by atoms with Gasteiger partial charge in [0, 0.05) is 38.3 Å². The Balaban J connectivity index is 1.29. The third kappa shape index (κ3) is 6.15. The monoisotopic (exact) mass is 416 g/mol. The molecule has 1 fully saturated rings. The average Bonchev–Trinajstić information content (AvgIpc) is 2.84. The number of carbonyl (C=O) groups is 1. The molecule has 1 aliphatic rings. The third-order valence-electron chi connectivity index (χ3n) is 5.45. The second-order valence-electron chi connectivity index (χ2n) is 7.75. The summed E-state index contributed by atoms with van der Waals surface area (Å²) in [6.45, 7) is 3.75. The van der Waals surface area contributed by atoms with Crippen LogP contribution in [0.2, 0.25) is 0 Å². The van der Waals surface area contributed by atoms with Gasteiger partial charge in [0.25, 0.3) is 0 Å². The van der Waals surface area contributed by atoms with E-state index in [1.54, 1.807) is 6.20 Å². The topological polar surface area (TPSA) is 51.7 Å². The molecule has 1 aliphatic heterocycles. The van der Waals surface area contributed by atoms with Crippen LogP contribution in [0, 0.1) is 0 Å². The highest BCUT2D eigenvalue weighted by Crippen LogP contribution is 2.29. The molecular formula is C26H28N2O3. The zero-order valence-electron chi connectivity index (χ0n) is 17.7. The van der Waals surface area contributed by atoms with Crippen LogP contribution in [0.5, 0.6) is 5.75 Å². The van der Waals surface area contributed by atoms with Crippen LogP contribution in [0.25, 0.3) is 0 Å². The lowest BCUT2D eigenvalue weighted by Crippen LogP contribution is -2.36. The summed E-state index contributed by atoms with van der Waals surface area (Å²) in [4.78, 5) is 18.7. The maximum Gasteiger partial charge on any atom is 0.143 e. The number of anilines is 1. The van der Waals surface area contributed by atoms with Gasteiger partial charge < -0.3 is 14.4 Å². The number of hydrogen-bond donors (Lipinski definition) is 0. The number of Topliss-reactive ketones (excluding diaryl/α,β-unsaturated/α-hetero) is 1. The fourth-order valence-electron chi connectivity index (χ4n) is 3.70. The molecule has 5 nitrogen and oxygen atoms in total. The zero-order chi connectivity index (χ0) is 21.3. The van der Waals surface area contributed by atoms with Gasteiger partial charge >= 0.3 is 0 Å². The predicted octanol–water partition coefficient (Wildman–Crippen LogP) is 4.24. The maximum absolute atomic E-state index is 12.3. The molecule has 160 valence electrons. The molecule has 2 aromatic carbocycles. The Bertz CT molecular complexity index is 967. The van der Waals surface area contributed by atoms with E-state index in [1.165, 1.54) is 0 Å². The standard InChI is InChI=1S/C26H28N2O3/c29-24(12-11-22-4-3-13-27-19-22)18-21-7-9-23(10-8-21)20-31-26-6-2-1-5-25(26)28-14-16-30-17-15-28/h1-10,13,19H,11-12,14-18,20H2. The highest BCUT2D eigenvalue weighted by molar-refractivity contribution is 5.81. The highest BCUT2D eigenvalue weighted by Gasteiger charge is 2.15. The first-order chi connectivity index (χ1) is 15.3. The number of nitrogens with zero attached hydrogens (tertiary/aromatic N) is 2. The van der Waals surface area contributed by atoms with Crippen molar-refractivity contribution in [2.24, 2.45) is 0 Å². The number of aromatic nitrogens is 1. The van der Waals surface area contributed by atoms with Crippen LogP contribution in [0.3, 0.4) is 0 Å². The number of aryl methyl sites for hydroxylation is 1. The molecule has 1 aromatic heterocycles. The molecule has 31 heavy (non-hydrogen) atoms. The van der Waals surface area contributed by atoms with Gasteiger partial charge in [-0.05, 0) is 41.3 Å². The number of carbonyl (C=O) groups excluding carboxylic acids is 1. The van der Waals surface area contributed by atoms with Crippen LogP contribution in [0.15, 0.2) is 73.1 Å². The van der Waals surface area contributed by atoms with Crippen LogP contribution < -0.4 is 9.64 Å². The number of para-hydroxylation sites is 2. The van der Waals surface area contributed by atoms with Crippen molar-refractivity contribution >= 4 is 11.5 Å². The number of rotatable bonds is 9. The largest absolute Gasteiger partial charge is 0.487 e. The van der Waals surface area contributed by atoms with Crippen molar-refractivity contribution < 1.29 is 14.3 Å². The predicted molar refractivity (Wildman–Crippen MR) is 122 cm³/mol. The van der Waals surface area contributed by atoms with Gasteiger partial charge in [-0.2, -0.15) is 0 Å². The second kappa shape index (κ2) is 10.7. The summed E-state index contributed by atoms with van der Waals surface area (Å²) >= 11 is 0. The van der Waals surface area contributed by atoms with E-state index >= 15 is 0 Å². The zero-order valence-corrected chi connectivity index (χ0v) is 17.7. The summed E-state index contributed by atoms with van der Waals surface area (Å²) in [5.41, 5.74) is 4.33. The van der Waals surface area contributed by atoms with Gasteiger partial charge in [0.05, 0.1) is 18.9 Å². The number of ketones is 1. The van der Waals surface area contributed by atoms with Crippen LogP contribution in [-0.2, 0) is 29.0 Å². The van der Waals surface area contributed by atoms with Crippen LogP contribution >= 0.6 is 0 Å². The van der Waals surface area contributed by atoms with E-state index in [9.17, 15) is 4.79 Å². The lowest BCUT2D eigenvalue weighted by molar-refractivity contribution is -0.118. The first kappa shape index (κ1) is 21.1. The van der Waals surface area contributed by atoms with Crippen molar-refractivity contribution in [3.8, 4) is 5.75 Å². The summed E-state index contributed by atoms with van der Waals surface area (Å²) < 4.78 is 11.6. The molecule has 0 spiro atoms. The van der Waals surface area contributed by atoms with Crippen molar-refractivity contribution in [2.75, 3.05) is 31.2 Å². The van der Waals surface area contributed by atoms with E-state index in [1.807, 2.05) is 60.8 Å². The smallest absolute Gasteiger partial charge is 0.143 e. The summed E-state index contributed by atoms with van der Waals surface area (Å²) in [6, 6.07) is 20.2. The fraction of sp³-hybridized carbons (Fsp3) is 0.308. The second-order valence-corrected chi connectivity index (χ2v) is 7.75. The van der Waals surface area contributed by atoms with E-state index in [2.05, 4.69) is 16.0 Å². The normalized spacial score (nSPS) is 13.7. The Hall–Kier alpha value is -3.18. The van der Waals surface area contributed by atoms with Gasteiger partial charge in [-0.25, -0.2) is 0 Å². The van der Waals surface area contributed by atoms with Gasteiger partial charge in [0.15, 0.2) is 0 Å². The molecule has 0 amide bonds. The minimum atomic E-state index is 0.243. The van der Waals surface area contributed by atoms with Gasteiger partial charge in [-0.1, -0.05) is 42.5 Å². The molecule has 1 saturated heterocycles. The molecule has 3 aromatic rings. The number of benzene rings is 2. The summed E-state index contributed by atoms with van der Waals surface area (Å²) in [5, 5.41) is 0. The number of hydrogen-bond acceptors (Lipinski definition) is 5. The molecule has 4 rings (SSSR count). The average molecular weight is 417 g/mol. The number of morpholine rings is 1. The lowest BCUT2D eigenvalue weighted by atomic mass is 10.0. The van der Waals surface area contributed by atoms with Gasteiger partial charge in [0.1, 0.15) is 18.1 Å². The van der Waals surface area contributed by atoms with E-state index in [0.29, 0.717) is 19.4 Å². The minimum absolute atomic E-state index is 0.243. The summed E-state index contributed by atoms with van der Waals surface area (Å²) in [5.74, 6) is 1.13. The first-order valence-electron chi connectivity index (χ1n) is 10.8. The summed E-state index contributed by atoms with van der Waals surface area (Å²) in [6.07, 6.45) is 5.30. The van der Waals surface area contributed by atoms with Gasteiger partial charge in [-0.15, -0.1) is 0 Å². The molecule has 2 heterocycles. The molecule has 0 atom stereocenters. The van der Waals surface area contributed by atoms with Crippen LogP contribution in [-0.4, -0.2) is 37.1 Å². The Labute approximate surface area is 183 Å². The third-order valence-corrected chi connectivity index (χ3v) is 5.45. The summed E-state index contributed by atoms with van der Waals surface area (Å²) in [7, 11) is 0. The molecule has 0 radical (unpaired) electrons. The van der Waals surface area contributed by atoms with Crippen molar-refractivity contribution in [1.29, 1.82) is 0 Å². The quantitative estimate of drug-likeness (QED) is 0.522. The first-order valence-corrected chi connectivity index (χ1v) is 10.8. The van der Waals surface area contributed by atoms with E-state index < -0.39 is 0 Å². The van der Waals surface area contributed by atoms with Crippen molar-refractivity contribution in [3.63, 3.8) is 0 Å².